The fourth-order valence-electron chi connectivity index (χ4n) is 25.2. The lowest BCUT2D eigenvalue weighted by molar-refractivity contribution is -0.00524. The highest BCUT2D eigenvalue weighted by Crippen LogP contribution is 2.64. The summed E-state index contributed by atoms with van der Waals surface area (Å²) >= 11 is 0. The molecule has 2 aromatic heterocycles. The van der Waals surface area contributed by atoms with Crippen molar-refractivity contribution in [1.82, 2.24) is 9.13 Å². The van der Waals surface area contributed by atoms with E-state index in [1.807, 2.05) is 0 Å². The first kappa shape index (κ1) is 69.6. The number of para-hydroxylation sites is 2. The van der Waals surface area contributed by atoms with E-state index in [4.69, 9.17) is 0 Å². The van der Waals surface area contributed by atoms with Gasteiger partial charge in [-0.2, -0.15) is 0 Å². The van der Waals surface area contributed by atoms with Crippen LogP contribution >= 0.6 is 0 Å². The van der Waals surface area contributed by atoms with E-state index < -0.39 is 0 Å². The molecule has 0 amide bonds. The number of hydrogen-bond acceptors (Lipinski definition) is 2. The van der Waals surface area contributed by atoms with Gasteiger partial charge in [0.25, 0.3) is 6.71 Å². The van der Waals surface area contributed by atoms with E-state index in [2.05, 4.69) is 360 Å². The summed E-state index contributed by atoms with van der Waals surface area (Å²) in [6, 6.07) is 111. The number of benzene rings is 13. The molecule has 8 aliphatic carbocycles. The van der Waals surface area contributed by atoms with E-state index in [1.54, 1.807) is 11.1 Å². The SMILES string of the molecule is CC(C)(C)c1cc(-c2ccccc2)c(N2c3cc(-n4c5ccccc5c5cc(C67CC8CC(CC(C8)C6)C7)ccc54)ccc3B3c4ccc(-n5c6ccccc6c6cc(C78CC9CC(CC(C9)C7)C8)ccc65)cc4N(c4c(-c5ccccc5)cc(C(C)(C)C)cc4-c4ccccc4)c4cc(C(C)(C)C)cc2c43)c(-c2ccccc2)c1. The van der Waals surface area contributed by atoms with E-state index in [1.165, 1.54) is 232 Å². The van der Waals surface area contributed by atoms with Crippen LogP contribution in [0.15, 0.2) is 279 Å². The van der Waals surface area contributed by atoms with Gasteiger partial charge in [0, 0.05) is 77.9 Å². The predicted octanol–water partition coefficient (Wildman–Crippen LogP) is 27.5. The molecule has 0 spiro atoms. The van der Waals surface area contributed by atoms with Gasteiger partial charge in [-0.3, -0.25) is 0 Å². The number of fused-ring (bicyclic) bond motifs is 10. The zero-order chi connectivity index (χ0) is 77.3. The van der Waals surface area contributed by atoms with Crippen molar-refractivity contribution >= 4 is 101 Å². The van der Waals surface area contributed by atoms with Gasteiger partial charge in [0.2, 0.25) is 0 Å². The molecule has 8 bridgehead atoms. The molecule has 15 aromatic rings. The van der Waals surface area contributed by atoms with Crippen LogP contribution in [-0.2, 0) is 27.1 Å². The highest BCUT2D eigenvalue weighted by atomic mass is 15.2. The smallest absolute Gasteiger partial charge is 0.252 e. The van der Waals surface area contributed by atoms with Gasteiger partial charge in [-0.05, 0) is 303 Å². The van der Waals surface area contributed by atoms with Crippen molar-refractivity contribution < 1.29 is 0 Å². The monoisotopic (exact) mass is 1490 g/mol. The minimum Gasteiger partial charge on any atom is -0.310 e. The molecular formula is C110H103BN4. The van der Waals surface area contributed by atoms with Crippen LogP contribution < -0.4 is 26.2 Å². The molecule has 8 fully saturated rings. The molecule has 115 heavy (non-hydrogen) atoms. The Labute approximate surface area is 680 Å². The fraction of sp³-hybridized carbons (Fsp3) is 0.291. The fourth-order valence-corrected chi connectivity index (χ4v) is 25.2. The molecule has 0 radical (unpaired) electrons. The van der Waals surface area contributed by atoms with Crippen LogP contribution in [0.3, 0.4) is 0 Å². The molecule has 25 rings (SSSR count). The summed E-state index contributed by atoms with van der Waals surface area (Å²) in [5.41, 5.74) is 34.7. The molecule has 0 unspecified atom stereocenters. The van der Waals surface area contributed by atoms with Crippen LogP contribution in [0.5, 0.6) is 0 Å². The van der Waals surface area contributed by atoms with Gasteiger partial charge in [-0.15, -0.1) is 0 Å². The highest BCUT2D eigenvalue weighted by Gasteiger charge is 2.54. The zero-order valence-corrected chi connectivity index (χ0v) is 68.4. The maximum absolute atomic E-state index is 2.80. The second-order valence-electron chi connectivity index (χ2n) is 40.1. The van der Waals surface area contributed by atoms with Crippen LogP contribution in [0.1, 0.15) is 167 Å². The normalized spacial score (nSPS) is 22.4. The van der Waals surface area contributed by atoms with Crippen LogP contribution in [0, 0.1) is 35.5 Å². The molecule has 4 nitrogen and oxygen atoms in total. The lowest BCUT2D eigenvalue weighted by Gasteiger charge is -2.57. The van der Waals surface area contributed by atoms with Gasteiger partial charge in [0.15, 0.2) is 0 Å². The van der Waals surface area contributed by atoms with Crippen LogP contribution in [-0.4, -0.2) is 15.8 Å². The number of nitrogens with zero attached hydrogens (tertiary/aromatic N) is 4. The minimum absolute atomic E-state index is 0.185. The number of aromatic nitrogens is 2. The number of hydrogen-bond donors (Lipinski definition) is 0. The van der Waals surface area contributed by atoms with Crippen molar-refractivity contribution in [3.63, 3.8) is 0 Å². The quantitative estimate of drug-likeness (QED) is 0.127. The zero-order valence-electron chi connectivity index (χ0n) is 68.4. The van der Waals surface area contributed by atoms with Gasteiger partial charge in [-0.1, -0.05) is 244 Å². The van der Waals surface area contributed by atoms with Crippen LogP contribution in [0.25, 0.3) is 99.5 Å². The first-order chi connectivity index (χ1) is 55.7. The van der Waals surface area contributed by atoms with Crippen molar-refractivity contribution in [2.75, 3.05) is 9.80 Å². The number of rotatable bonds is 10. The average molecular weight is 1490 g/mol. The van der Waals surface area contributed by atoms with Gasteiger partial charge >= 0.3 is 0 Å². The maximum atomic E-state index is 2.80. The van der Waals surface area contributed by atoms with Crippen molar-refractivity contribution in [2.45, 2.75) is 166 Å². The van der Waals surface area contributed by atoms with Crippen LogP contribution in [0.2, 0.25) is 0 Å². The Morgan fingerprint density at radius 2 is 0.574 bits per heavy atom. The molecule has 0 saturated heterocycles. The molecule has 8 saturated carbocycles. The van der Waals surface area contributed by atoms with Crippen molar-refractivity contribution in [3.05, 3.63) is 307 Å². The molecule has 4 heterocycles. The average Bonchev–Trinajstić information content (AvgIpc) is 1.46. The third-order valence-electron chi connectivity index (χ3n) is 29.8. The molecule has 13 aromatic carbocycles. The van der Waals surface area contributed by atoms with E-state index in [-0.39, 0.29) is 33.8 Å². The molecule has 5 heteroatoms. The van der Waals surface area contributed by atoms with Crippen molar-refractivity contribution in [2.24, 2.45) is 35.5 Å². The Morgan fingerprint density at radius 3 is 0.896 bits per heavy atom. The second kappa shape index (κ2) is 25.3. The van der Waals surface area contributed by atoms with E-state index in [0.717, 1.165) is 46.9 Å². The Kier molecular flexibility index (Phi) is 15.3. The van der Waals surface area contributed by atoms with Gasteiger partial charge in [0.05, 0.1) is 33.4 Å². The number of anilines is 6. The molecule has 10 aliphatic rings. The summed E-state index contributed by atoms with van der Waals surface area (Å²) in [5, 5.41) is 5.37. The standard InChI is InChI=1S/C110H103BN4/c1-106(2,3)80-54-87(74-26-14-10-15-27-74)104(88(55-80)75-28-16-11-17-29-75)114-99-60-83(112-95-36-24-22-34-85(95)91-52-78(38-44-97(91)112)109-62-68-46-69(63-109)48-70(47-68)64-109)40-42-93(99)111-94-43-41-84(113-96-37-25-23-35-86(96)92-53-79(39-45-98(92)113)110-65-71-49-72(66-110)51-73(50-71)67-110)61-100(94)115(102-59-82(108(7,8)9)58-101(114)103(102)111)105-89(76-30-18-12-19-31-76)56-81(107(4,5)6)57-90(105)77-32-20-13-21-33-77/h10-45,52-61,68-73H,46-51,62-67H2,1-9H3. The minimum atomic E-state index is -0.320. The summed E-state index contributed by atoms with van der Waals surface area (Å²) in [6.45, 7) is 21.4. The van der Waals surface area contributed by atoms with Crippen molar-refractivity contribution in [1.29, 1.82) is 0 Å². The van der Waals surface area contributed by atoms with Gasteiger partial charge < -0.3 is 18.9 Å². The van der Waals surface area contributed by atoms with Gasteiger partial charge in [-0.25, -0.2) is 0 Å². The maximum Gasteiger partial charge on any atom is 0.252 e. The van der Waals surface area contributed by atoms with E-state index in [0.29, 0.717) is 0 Å². The molecule has 2 aliphatic heterocycles. The summed E-state index contributed by atoms with van der Waals surface area (Å²) in [6.07, 6.45) is 16.7. The Balaban J connectivity index is 0.841. The predicted molar refractivity (Wildman–Crippen MR) is 487 cm³/mol. The Bertz CT molecular complexity index is 5920. The van der Waals surface area contributed by atoms with Gasteiger partial charge in [0.1, 0.15) is 0 Å². The summed E-state index contributed by atoms with van der Waals surface area (Å²) in [7, 11) is 0. The van der Waals surface area contributed by atoms with Crippen molar-refractivity contribution in [3.8, 4) is 55.9 Å². The lowest BCUT2D eigenvalue weighted by atomic mass is 9.33. The molecule has 0 N–H and O–H groups in total. The Hall–Kier alpha value is -10.9. The van der Waals surface area contributed by atoms with Crippen LogP contribution in [0.4, 0.5) is 34.1 Å². The Morgan fingerprint density at radius 1 is 0.278 bits per heavy atom. The third kappa shape index (κ3) is 10.9. The topological polar surface area (TPSA) is 16.3 Å². The first-order valence-corrected chi connectivity index (χ1v) is 43.5. The molecule has 566 valence electrons. The molecular weight excluding hydrogens is 1390 g/mol. The second-order valence-corrected chi connectivity index (χ2v) is 40.1. The summed E-state index contributed by atoms with van der Waals surface area (Å²) in [4.78, 5) is 5.59. The highest BCUT2D eigenvalue weighted by molar-refractivity contribution is 7.00. The molecule has 0 atom stereocenters. The summed E-state index contributed by atoms with van der Waals surface area (Å²) < 4.78 is 5.27. The first-order valence-electron chi connectivity index (χ1n) is 43.5. The van der Waals surface area contributed by atoms with E-state index >= 15 is 0 Å². The van der Waals surface area contributed by atoms with E-state index in [9.17, 15) is 0 Å². The summed E-state index contributed by atoms with van der Waals surface area (Å²) in [5.74, 6) is 5.17. The third-order valence-corrected chi connectivity index (χ3v) is 29.8. The largest absolute Gasteiger partial charge is 0.310 e. The lowest BCUT2D eigenvalue weighted by Crippen LogP contribution is -2.61.